The van der Waals surface area contributed by atoms with Crippen LogP contribution in [0.25, 0.3) is 22.2 Å². The zero-order valence-electron chi connectivity index (χ0n) is 12.4. The summed E-state index contributed by atoms with van der Waals surface area (Å²) < 4.78 is 14.8. The van der Waals surface area contributed by atoms with Gasteiger partial charge < -0.3 is 0 Å². The first-order valence-corrected chi connectivity index (χ1v) is 14.3. The van der Waals surface area contributed by atoms with Crippen LogP contribution in [0.4, 0.5) is 4.39 Å². The van der Waals surface area contributed by atoms with Crippen LogP contribution in [0, 0.1) is 5.82 Å². The van der Waals surface area contributed by atoms with Crippen molar-refractivity contribution in [3.63, 3.8) is 0 Å². The number of aromatic nitrogens is 2. The van der Waals surface area contributed by atoms with Crippen molar-refractivity contribution in [2.75, 3.05) is 0 Å². The molecule has 0 N–H and O–H groups in total. The van der Waals surface area contributed by atoms with Crippen molar-refractivity contribution >= 4 is 28.6 Å². The van der Waals surface area contributed by atoms with Crippen molar-refractivity contribution in [1.29, 1.82) is 0 Å². The summed E-state index contributed by atoms with van der Waals surface area (Å²) in [6.45, 7) is 0. The van der Waals surface area contributed by atoms with Crippen LogP contribution < -0.4 is 4.40 Å². The molecule has 3 rings (SSSR count). The van der Waals surface area contributed by atoms with Gasteiger partial charge in [0.1, 0.15) is 0 Å². The molecule has 2 aromatic carbocycles. The molecule has 1 aromatic heterocycles. The van der Waals surface area contributed by atoms with E-state index < -0.39 is 13.3 Å². The normalized spacial score (nSPS) is 11.8. The Kier molecular flexibility index (Phi) is 3.53. The van der Waals surface area contributed by atoms with Gasteiger partial charge in [0.25, 0.3) is 0 Å². The Morgan fingerprint density at radius 2 is 1.62 bits per heavy atom. The fraction of sp³-hybridized carbons (Fsp3) is 0.176. The first kappa shape index (κ1) is 14.2. The SMILES string of the molecule is [CH3][Ge]([CH3])([CH3])[c]1ccc(-c2ncnc3cc(F)ccc23)cc1. The summed E-state index contributed by atoms with van der Waals surface area (Å²) in [4.78, 5) is 8.52. The van der Waals surface area contributed by atoms with Crippen molar-refractivity contribution < 1.29 is 4.39 Å². The Morgan fingerprint density at radius 1 is 0.905 bits per heavy atom. The topological polar surface area (TPSA) is 25.8 Å². The van der Waals surface area contributed by atoms with E-state index in [1.54, 1.807) is 6.07 Å². The second-order valence-electron chi connectivity index (χ2n) is 6.21. The third-order valence-electron chi connectivity index (χ3n) is 3.62. The van der Waals surface area contributed by atoms with Crippen molar-refractivity contribution in [2.45, 2.75) is 17.3 Å². The Hall–Kier alpha value is -1.75. The molecular formula is C17H17FGeN2. The average Bonchev–Trinajstić information content (AvgIpc) is 2.45. The van der Waals surface area contributed by atoms with Crippen LogP contribution in [0.5, 0.6) is 0 Å². The Balaban J connectivity index is 2.12. The van der Waals surface area contributed by atoms with Gasteiger partial charge >= 0.3 is 126 Å². The summed E-state index contributed by atoms with van der Waals surface area (Å²) in [5, 5.41) is 0.879. The Labute approximate surface area is 126 Å². The van der Waals surface area contributed by atoms with Crippen LogP contribution in [0.1, 0.15) is 0 Å². The third-order valence-corrected chi connectivity index (χ3v) is 7.96. The van der Waals surface area contributed by atoms with E-state index in [2.05, 4.69) is 51.5 Å². The molecule has 0 saturated carbocycles. The van der Waals surface area contributed by atoms with E-state index in [-0.39, 0.29) is 5.82 Å². The monoisotopic (exact) mass is 342 g/mol. The summed E-state index contributed by atoms with van der Waals surface area (Å²) in [6, 6.07) is 13.3. The average molecular weight is 341 g/mol. The van der Waals surface area contributed by atoms with Gasteiger partial charge in [-0.05, 0) is 0 Å². The van der Waals surface area contributed by atoms with Crippen LogP contribution in [0.2, 0.25) is 17.3 Å². The van der Waals surface area contributed by atoms with Gasteiger partial charge in [-0.3, -0.25) is 0 Å². The van der Waals surface area contributed by atoms with Gasteiger partial charge in [-0.1, -0.05) is 0 Å². The summed E-state index contributed by atoms with van der Waals surface area (Å²) in [5.41, 5.74) is 2.54. The molecule has 0 radical (unpaired) electrons. The van der Waals surface area contributed by atoms with E-state index >= 15 is 0 Å². The molecule has 0 aliphatic rings. The molecule has 0 unspecified atom stereocenters. The zero-order chi connectivity index (χ0) is 15.0. The maximum atomic E-state index is 13.3. The van der Waals surface area contributed by atoms with Crippen LogP contribution in [-0.2, 0) is 0 Å². The van der Waals surface area contributed by atoms with Gasteiger partial charge in [-0.25, -0.2) is 0 Å². The number of halogens is 1. The molecule has 4 heteroatoms. The third kappa shape index (κ3) is 2.83. The predicted octanol–water partition coefficient (Wildman–Crippen LogP) is 3.98. The molecule has 0 fully saturated rings. The number of benzene rings is 2. The van der Waals surface area contributed by atoms with E-state index in [1.807, 2.05) is 0 Å². The summed E-state index contributed by atoms with van der Waals surface area (Å²) in [6.07, 6.45) is 1.49. The molecule has 0 bridgehead atoms. The zero-order valence-corrected chi connectivity index (χ0v) is 14.5. The standard InChI is InChI=1S/C17H17FGeN2/c1-19(2,3)14-7-4-12(5-8-14)17-15-9-6-13(18)10-16(15)20-11-21-17/h4-11H,1-3H3. The van der Waals surface area contributed by atoms with E-state index in [4.69, 9.17) is 0 Å². The first-order valence-electron chi connectivity index (χ1n) is 6.96. The van der Waals surface area contributed by atoms with Gasteiger partial charge in [-0.2, -0.15) is 0 Å². The van der Waals surface area contributed by atoms with E-state index in [0.29, 0.717) is 5.52 Å². The predicted molar refractivity (Wildman–Crippen MR) is 87.9 cm³/mol. The van der Waals surface area contributed by atoms with Crippen molar-refractivity contribution in [2.24, 2.45) is 0 Å². The molecule has 0 atom stereocenters. The minimum atomic E-state index is -1.80. The van der Waals surface area contributed by atoms with E-state index in [9.17, 15) is 4.39 Å². The summed E-state index contributed by atoms with van der Waals surface area (Å²) in [7, 11) is 0. The van der Waals surface area contributed by atoms with Gasteiger partial charge in [-0.15, -0.1) is 0 Å². The number of fused-ring (bicyclic) bond motifs is 1. The fourth-order valence-corrected chi connectivity index (χ4v) is 4.84. The quantitative estimate of drug-likeness (QED) is 0.659. The fourth-order valence-electron chi connectivity index (χ4n) is 2.39. The molecule has 1 heterocycles. The van der Waals surface area contributed by atoms with Crippen LogP contribution in [0.15, 0.2) is 48.8 Å². The van der Waals surface area contributed by atoms with Gasteiger partial charge in [0.05, 0.1) is 0 Å². The van der Waals surface area contributed by atoms with E-state index in [0.717, 1.165) is 16.6 Å². The van der Waals surface area contributed by atoms with Crippen LogP contribution in [-0.4, -0.2) is 23.2 Å². The molecule has 21 heavy (non-hydrogen) atoms. The van der Waals surface area contributed by atoms with Gasteiger partial charge in [0, 0.05) is 0 Å². The number of nitrogens with zero attached hydrogens (tertiary/aromatic N) is 2. The molecule has 3 aromatic rings. The molecule has 0 amide bonds. The van der Waals surface area contributed by atoms with Gasteiger partial charge in [0.15, 0.2) is 0 Å². The van der Waals surface area contributed by atoms with Crippen LogP contribution in [0.3, 0.4) is 0 Å². The van der Waals surface area contributed by atoms with Crippen LogP contribution >= 0.6 is 0 Å². The second kappa shape index (κ2) is 5.22. The molecule has 0 saturated heterocycles. The molecule has 0 aliphatic carbocycles. The molecular weight excluding hydrogens is 324 g/mol. The minimum absolute atomic E-state index is 0.275. The number of rotatable bonds is 2. The van der Waals surface area contributed by atoms with Gasteiger partial charge in [0.2, 0.25) is 0 Å². The molecule has 0 spiro atoms. The Bertz CT molecular complexity index is 792. The number of hydrogen-bond acceptors (Lipinski definition) is 2. The van der Waals surface area contributed by atoms with Crippen molar-refractivity contribution in [3.05, 3.63) is 54.6 Å². The summed E-state index contributed by atoms with van der Waals surface area (Å²) in [5.74, 6) is 6.84. The summed E-state index contributed by atoms with van der Waals surface area (Å²) >= 11 is -1.80. The maximum absolute atomic E-state index is 13.3. The molecule has 106 valence electrons. The second-order valence-corrected chi connectivity index (χ2v) is 16.9. The van der Waals surface area contributed by atoms with Crippen molar-refractivity contribution in [1.82, 2.24) is 9.97 Å². The van der Waals surface area contributed by atoms with E-state index in [1.165, 1.54) is 22.9 Å². The molecule has 2 nitrogen and oxygen atoms in total. The first-order chi connectivity index (χ1) is 9.95. The number of hydrogen-bond donors (Lipinski definition) is 0. The van der Waals surface area contributed by atoms with Crippen molar-refractivity contribution in [3.8, 4) is 11.3 Å². The molecule has 0 aliphatic heterocycles. The Morgan fingerprint density at radius 3 is 2.29 bits per heavy atom.